The van der Waals surface area contributed by atoms with Crippen LogP contribution >= 0.6 is 0 Å². The Morgan fingerprint density at radius 2 is 2.15 bits per heavy atom. The largest absolute Gasteiger partial charge is 0.294 e. The van der Waals surface area contributed by atoms with Gasteiger partial charge in [-0.05, 0) is 20.8 Å². The SMILES string of the molecule is CCC(=O)c1cnn(C(C)(C)C)c1. The van der Waals surface area contributed by atoms with Crippen LogP contribution in [0.15, 0.2) is 12.4 Å². The summed E-state index contributed by atoms with van der Waals surface area (Å²) >= 11 is 0. The maximum atomic E-state index is 11.3. The average Bonchev–Trinajstić information content (AvgIpc) is 2.50. The predicted molar refractivity (Wildman–Crippen MR) is 51.8 cm³/mol. The molecule has 0 aliphatic heterocycles. The van der Waals surface area contributed by atoms with Crippen molar-refractivity contribution in [2.45, 2.75) is 39.7 Å². The molecule has 0 fully saturated rings. The summed E-state index contributed by atoms with van der Waals surface area (Å²) in [5, 5.41) is 4.15. The summed E-state index contributed by atoms with van der Waals surface area (Å²) in [6.07, 6.45) is 3.98. The van der Waals surface area contributed by atoms with E-state index in [0.717, 1.165) is 0 Å². The zero-order valence-electron chi connectivity index (χ0n) is 8.66. The van der Waals surface area contributed by atoms with Crippen LogP contribution in [0.25, 0.3) is 0 Å². The van der Waals surface area contributed by atoms with E-state index in [9.17, 15) is 4.79 Å². The Morgan fingerprint density at radius 3 is 2.54 bits per heavy atom. The summed E-state index contributed by atoms with van der Waals surface area (Å²) in [4.78, 5) is 11.3. The van der Waals surface area contributed by atoms with Crippen LogP contribution in [0, 0.1) is 0 Å². The Labute approximate surface area is 78.8 Å². The minimum absolute atomic E-state index is 0.0493. The number of rotatable bonds is 2. The van der Waals surface area contributed by atoms with Gasteiger partial charge in [0.2, 0.25) is 0 Å². The quantitative estimate of drug-likeness (QED) is 0.654. The van der Waals surface area contributed by atoms with Crippen LogP contribution in [0.2, 0.25) is 0 Å². The number of Topliss-reactive ketones (excluding diaryl/α,β-unsaturated/α-hetero) is 1. The normalized spacial score (nSPS) is 11.7. The lowest BCUT2D eigenvalue weighted by atomic mass is 10.1. The Bertz CT molecular complexity index is 307. The molecule has 0 spiro atoms. The van der Waals surface area contributed by atoms with Gasteiger partial charge in [0.1, 0.15) is 0 Å². The zero-order valence-corrected chi connectivity index (χ0v) is 8.66. The molecule has 0 saturated carbocycles. The van der Waals surface area contributed by atoms with Crippen molar-refractivity contribution >= 4 is 5.78 Å². The molecule has 0 N–H and O–H groups in total. The third-order valence-corrected chi connectivity index (χ3v) is 1.91. The third-order valence-electron chi connectivity index (χ3n) is 1.91. The minimum atomic E-state index is -0.0493. The Kier molecular flexibility index (Phi) is 2.55. The van der Waals surface area contributed by atoms with Gasteiger partial charge in [-0.15, -0.1) is 0 Å². The van der Waals surface area contributed by atoms with E-state index >= 15 is 0 Å². The lowest BCUT2D eigenvalue weighted by Gasteiger charge is -2.18. The molecule has 3 nitrogen and oxygen atoms in total. The fraction of sp³-hybridized carbons (Fsp3) is 0.600. The summed E-state index contributed by atoms with van der Waals surface area (Å²) < 4.78 is 1.82. The summed E-state index contributed by atoms with van der Waals surface area (Å²) in [5.74, 6) is 0.149. The Morgan fingerprint density at radius 1 is 1.54 bits per heavy atom. The topological polar surface area (TPSA) is 34.9 Å². The van der Waals surface area contributed by atoms with Crippen molar-refractivity contribution < 1.29 is 4.79 Å². The van der Waals surface area contributed by atoms with Gasteiger partial charge in [-0.3, -0.25) is 9.48 Å². The molecule has 0 atom stereocenters. The Hall–Kier alpha value is -1.12. The summed E-state index contributed by atoms with van der Waals surface area (Å²) in [7, 11) is 0. The van der Waals surface area contributed by atoms with Gasteiger partial charge in [0.05, 0.1) is 17.3 Å². The highest BCUT2D eigenvalue weighted by Gasteiger charge is 2.15. The second-order valence-corrected chi connectivity index (χ2v) is 4.12. The van der Waals surface area contributed by atoms with Crippen LogP contribution < -0.4 is 0 Å². The van der Waals surface area contributed by atoms with Crippen LogP contribution in [-0.4, -0.2) is 15.6 Å². The van der Waals surface area contributed by atoms with Crippen LogP contribution in [-0.2, 0) is 5.54 Å². The first-order valence-electron chi connectivity index (χ1n) is 4.53. The molecular weight excluding hydrogens is 164 g/mol. The first-order chi connectivity index (χ1) is 5.95. The predicted octanol–water partition coefficient (Wildman–Crippen LogP) is 2.23. The molecule has 0 aliphatic carbocycles. The number of aromatic nitrogens is 2. The van der Waals surface area contributed by atoms with E-state index in [1.165, 1.54) is 0 Å². The van der Waals surface area contributed by atoms with E-state index in [2.05, 4.69) is 25.9 Å². The second-order valence-electron chi connectivity index (χ2n) is 4.12. The van der Waals surface area contributed by atoms with Crippen molar-refractivity contribution in [2.75, 3.05) is 0 Å². The molecule has 0 radical (unpaired) electrons. The summed E-state index contributed by atoms with van der Waals surface area (Å²) in [6.45, 7) is 8.03. The van der Waals surface area contributed by atoms with E-state index < -0.39 is 0 Å². The van der Waals surface area contributed by atoms with Crippen molar-refractivity contribution in [3.8, 4) is 0 Å². The molecule has 1 heterocycles. The van der Waals surface area contributed by atoms with Gasteiger partial charge in [-0.2, -0.15) is 5.10 Å². The number of hydrogen-bond donors (Lipinski definition) is 0. The monoisotopic (exact) mass is 180 g/mol. The van der Waals surface area contributed by atoms with Gasteiger partial charge in [0.15, 0.2) is 5.78 Å². The van der Waals surface area contributed by atoms with Crippen LogP contribution in [0.4, 0.5) is 0 Å². The summed E-state index contributed by atoms with van der Waals surface area (Å²) in [5.41, 5.74) is 0.657. The number of carbonyl (C=O) groups is 1. The van der Waals surface area contributed by atoms with E-state index in [0.29, 0.717) is 12.0 Å². The molecule has 13 heavy (non-hydrogen) atoms. The maximum Gasteiger partial charge on any atom is 0.165 e. The summed E-state index contributed by atoms with van der Waals surface area (Å²) in [6, 6.07) is 0. The fourth-order valence-electron chi connectivity index (χ4n) is 1.04. The van der Waals surface area contributed by atoms with E-state index in [1.54, 1.807) is 6.20 Å². The lowest BCUT2D eigenvalue weighted by molar-refractivity contribution is 0.0988. The van der Waals surface area contributed by atoms with Gasteiger partial charge >= 0.3 is 0 Å². The van der Waals surface area contributed by atoms with Crippen LogP contribution in [0.3, 0.4) is 0 Å². The third kappa shape index (κ3) is 2.17. The van der Waals surface area contributed by atoms with Crippen molar-refractivity contribution in [3.05, 3.63) is 18.0 Å². The fourth-order valence-corrected chi connectivity index (χ4v) is 1.04. The molecule has 0 saturated heterocycles. The van der Waals surface area contributed by atoms with Gasteiger partial charge in [-0.25, -0.2) is 0 Å². The van der Waals surface area contributed by atoms with Gasteiger partial charge < -0.3 is 0 Å². The van der Waals surface area contributed by atoms with Gasteiger partial charge in [0, 0.05) is 12.6 Å². The van der Waals surface area contributed by atoms with E-state index in [4.69, 9.17) is 0 Å². The minimum Gasteiger partial charge on any atom is -0.294 e. The van der Waals surface area contributed by atoms with Crippen molar-refractivity contribution in [3.63, 3.8) is 0 Å². The molecule has 1 rings (SSSR count). The van der Waals surface area contributed by atoms with Crippen LogP contribution in [0.1, 0.15) is 44.5 Å². The van der Waals surface area contributed by atoms with Crippen molar-refractivity contribution in [1.29, 1.82) is 0 Å². The smallest absolute Gasteiger partial charge is 0.165 e. The van der Waals surface area contributed by atoms with Crippen molar-refractivity contribution in [1.82, 2.24) is 9.78 Å². The number of carbonyl (C=O) groups excluding carboxylic acids is 1. The molecule has 1 aromatic rings. The Balaban J connectivity index is 2.93. The molecule has 0 bridgehead atoms. The molecule has 0 unspecified atom stereocenters. The zero-order chi connectivity index (χ0) is 10.1. The number of ketones is 1. The molecule has 1 aromatic heterocycles. The molecule has 3 heteroatoms. The first kappa shape index (κ1) is 9.96. The highest BCUT2D eigenvalue weighted by molar-refractivity contribution is 5.95. The standard InChI is InChI=1S/C10H16N2O/c1-5-9(13)8-6-11-12(7-8)10(2,3)4/h6-7H,5H2,1-4H3. The van der Waals surface area contributed by atoms with Gasteiger partial charge in [0.25, 0.3) is 0 Å². The first-order valence-corrected chi connectivity index (χ1v) is 4.53. The van der Waals surface area contributed by atoms with E-state index in [1.807, 2.05) is 17.8 Å². The van der Waals surface area contributed by atoms with E-state index in [-0.39, 0.29) is 11.3 Å². The number of nitrogens with zero attached hydrogens (tertiary/aromatic N) is 2. The highest BCUT2D eigenvalue weighted by atomic mass is 16.1. The molecule has 0 amide bonds. The molecular formula is C10H16N2O. The van der Waals surface area contributed by atoms with Crippen molar-refractivity contribution in [2.24, 2.45) is 0 Å². The average molecular weight is 180 g/mol. The molecule has 72 valence electrons. The lowest BCUT2D eigenvalue weighted by Crippen LogP contribution is -2.22. The second kappa shape index (κ2) is 3.32. The van der Waals surface area contributed by atoms with Gasteiger partial charge in [-0.1, -0.05) is 6.92 Å². The molecule has 0 aromatic carbocycles. The van der Waals surface area contributed by atoms with Crippen LogP contribution in [0.5, 0.6) is 0 Å². The highest BCUT2D eigenvalue weighted by Crippen LogP contribution is 2.13. The maximum absolute atomic E-state index is 11.3. The molecule has 0 aliphatic rings. The number of hydrogen-bond acceptors (Lipinski definition) is 2.